The SMILES string of the molecule is CN=C(NCCOc1ccccc1)NCc1ccc(NC(=O)NC(C)C)cc1.I. The zero-order chi connectivity index (χ0) is 20.2. The van der Waals surface area contributed by atoms with Crippen LogP contribution in [0.3, 0.4) is 0 Å². The summed E-state index contributed by atoms with van der Waals surface area (Å²) in [5.41, 5.74) is 1.83. The van der Waals surface area contributed by atoms with Crippen LogP contribution >= 0.6 is 24.0 Å². The van der Waals surface area contributed by atoms with E-state index in [1.54, 1.807) is 7.05 Å². The topological polar surface area (TPSA) is 86.8 Å². The Kier molecular flexibility index (Phi) is 11.6. The van der Waals surface area contributed by atoms with E-state index in [0.29, 0.717) is 25.7 Å². The molecule has 0 aliphatic rings. The molecule has 2 aromatic carbocycles. The second-order valence-electron chi connectivity index (χ2n) is 6.46. The van der Waals surface area contributed by atoms with E-state index < -0.39 is 0 Å². The molecule has 0 radical (unpaired) electrons. The van der Waals surface area contributed by atoms with Crippen LogP contribution in [0.15, 0.2) is 59.6 Å². The van der Waals surface area contributed by atoms with Gasteiger partial charge in [0.2, 0.25) is 0 Å². The maximum Gasteiger partial charge on any atom is 0.319 e. The number of anilines is 1. The molecule has 0 unspecified atom stereocenters. The third-order valence-corrected chi connectivity index (χ3v) is 3.72. The number of nitrogens with zero attached hydrogens (tertiary/aromatic N) is 1. The molecule has 2 amide bonds. The Bertz CT molecular complexity index is 751. The number of aliphatic imine (C=N–C) groups is 1. The van der Waals surface area contributed by atoms with Gasteiger partial charge in [0.05, 0.1) is 6.54 Å². The molecule has 0 bridgehead atoms. The van der Waals surface area contributed by atoms with Gasteiger partial charge in [-0.25, -0.2) is 4.79 Å². The number of benzene rings is 2. The first-order valence-corrected chi connectivity index (χ1v) is 9.35. The number of halogens is 1. The van der Waals surface area contributed by atoms with Crippen LogP contribution < -0.4 is 26.0 Å². The van der Waals surface area contributed by atoms with Gasteiger partial charge < -0.3 is 26.0 Å². The molecular weight excluding hydrogens is 481 g/mol. The number of nitrogens with one attached hydrogen (secondary N) is 4. The smallest absolute Gasteiger partial charge is 0.319 e. The number of carbonyl (C=O) groups excluding carboxylic acids is 1. The lowest BCUT2D eigenvalue weighted by Crippen LogP contribution is -2.38. The highest BCUT2D eigenvalue weighted by atomic mass is 127. The summed E-state index contributed by atoms with van der Waals surface area (Å²) in [5, 5.41) is 12.1. The third kappa shape index (κ3) is 10.0. The van der Waals surface area contributed by atoms with Crippen LogP contribution in [0.2, 0.25) is 0 Å². The van der Waals surface area contributed by atoms with Crippen molar-refractivity contribution in [2.75, 3.05) is 25.5 Å². The average molecular weight is 511 g/mol. The highest BCUT2D eigenvalue weighted by Gasteiger charge is 2.04. The molecule has 0 aromatic heterocycles. The molecule has 7 nitrogen and oxygen atoms in total. The van der Waals surface area contributed by atoms with E-state index >= 15 is 0 Å². The second kappa shape index (κ2) is 13.6. The van der Waals surface area contributed by atoms with E-state index in [0.717, 1.165) is 17.0 Å². The van der Waals surface area contributed by atoms with Crippen molar-refractivity contribution in [3.05, 3.63) is 60.2 Å². The maximum atomic E-state index is 11.7. The minimum absolute atomic E-state index is 0. The summed E-state index contributed by atoms with van der Waals surface area (Å²) >= 11 is 0. The predicted octanol–water partition coefficient (Wildman–Crippen LogP) is 3.58. The summed E-state index contributed by atoms with van der Waals surface area (Å²) in [5.74, 6) is 1.55. The Labute approximate surface area is 189 Å². The van der Waals surface area contributed by atoms with Crippen LogP contribution in [-0.2, 0) is 6.54 Å². The molecule has 2 aromatic rings. The zero-order valence-electron chi connectivity index (χ0n) is 17.1. The fourth-order valence-electron chi connectivity index (χ4n) is 2.40. The summed E-state index contributed by atoms with van der Waals surface area (Å²) in [6.45, 7) is 5.65. The quantitative estimate of drug-likeness (QED) is 0.189. The summed E-state index contributed by atoms with van der Waals surface area (Å²) in [7, 11) is 1.73. The molecule has 158 valence electrons. The van der Waals surface area contributed by atoms with Gasteiger partial charge in [-0.3, -0.25) is 4.99 Å². The highest BCUT2D eigenvalue weighted by molar-refractivity contribution is 14.0. The van der Waals surface area contributed by atoms with Gasteiger partial charge in [0.15, 0.2) is 5.96 Å². The normalized spacial score (nSPS) is 10.7. The first-order valence-electron chi connectivity index (χ1n) is 9.35. The number of carbonyl (C=O) groups is 1. The maximum absolute atomic E-state index is 11.7. The highest BCUT2D eigenvalue weighted by Crippen LogP contribution is 2.09. The number of rotatable bonds is 8. The Morgan fingerprint density at radius 1 is 1.03 bits per heavy atom. The Hall–Kier alpha value is -2.49. The Morgan fingerprint density at radius 3 is 2.34 bits per heavy atom. The summed E-state index contributed by atoms with van der Waals surface area (Å²) < 4.78 is 5.65. The van der Waals surface area contributed by atoms with Crippen LogP contribution in [0.5, 0.6) is 5.75 Å². The lowest BCUT2D eigenvalue weighted by atomic mass is 10.2. The predicted molar refractivity (Wildman–Crippen MR) is 129 cm³/mol. The summed E-state index contributed by atoms with van der Waals surface area (Å²) in [4.78, 5) is 15.9. The minimum atomic E-state index is -0.205. The van der Waals surface area contributed by atoms with Crippen molar-refractivity contribution < 1.29 is 9.53 Å². The molecule has 0 atom stereocenters. The third-order valence-electron chi connectivity index (χ3n) is 3.72. The van der Waals surface area contributed by atoms with Crippen LogP contribution in [-0.4, -0.2) is 38.2 Å². The minimum Gasteiger partial charge on any atom is -0.492 e. The van der Waals surface area contributed by atoms with Crippen molar-refractivity contribution in [2.45, 2.75) is 26.4 Å². The largest absolute Gasteiger partial charge is 0.492 e. The van der Waals surface area contributed by atoms with Crippen LogP contribution in [0.25, 0.3) is 0 Å². The van der Waals surface area contributed by atoms with E-state index in [2.05, 4.69) is 26.3 Å². The van der Waals surface area contributed by atoms with Crippen molar-refractivity contribution >= 4 is 41.7 Å². The number of guanidine groups is 1. The molecule has 8 heteroatoms. The molecule has 29 heavy (non-hydrogen) atoms. The van der Waals surface area contributed by atoms with Crippen molar-refractivity contribution in [1.29, 1.82) is 0 Å². The molecule has 0 fully saturated rings. The summed E-state index contributed by atoms with van der Waals surface area (Å²) in [6.07, 6.45) is 0. The number of para-hydroxylation sites is 1. The Balaban J connectivity index is 0.00000420. The van der Waals surface area contributed by atoms with Gasteiger partial charge in [-0.1, -0.05) is 30.3 Å². The molecule has 0 aliphatic heterocycles. The van der Waals surface area contributed by atoms with Gasteiger partial charge in [0.25, 0.3) is 0 Å². The molecule has 0 spiro atoms. The summed E-state index contributed by atoms with van der Waals surface area (Å²) in [6, 6.07) is 17.3. The van der Waals surface area contributed by atoms with E-state index in [4.69, 9.17) is 4.74 Å². The molecule has 2 rings (SSSR count). The van der Waals surface area contributed by atoms with E-state index in [-0.39, 0.29) is 36.0 Å². The number of amides is 2. The molecule has 0 aliphatic carbocycles. The van der Waals surface area contributed by atoms with Gasteiger partial charge in [-0.05, 0) is 43.7 Å². The second-order valence-corrected chi connectivity index (χ2v) is 6.46. The van der Waals surface area contributed by atoms with Gasteiger partial charge in [-0.15, -0.1) is 24.0 Å². The molecule has 0 heterocycles. The fourth-order valence-corrected chi connectivity index (χ4v) is 2.40. The van der Waals surface area contributed by atoms with Crippen molar-refractivity contribution in [1.82, 2.24) is 16.0 Å². The number of hydrogen-bond donors (Lipinski definition) is 4. The van der Waals surface area contributed by atoms with Gasteiger partial charge >= 0.3 is 6.03 Å². The molecule has 4 N–H and O–H groups in total. The first-order chi connectivity index (χ1) is 13.6. The van der Waals surface area contributed by atoms with Crippen molar-refractivity contribution in [3.8, 4) is 5.75 Å². The fraction of sp³-hybridized carbons (Fsp3) is 0.333. The average Bonchev–Trinajstić information content (AvgIpc) is 2.69. The monoisotopic (exact) mass is 511 g/mol. The number of urea groups is 1. The van der Waals surface area contributed by atoms with Gasteiger partial charge in [0.1, 0.15) is 12.4 Å². The number of hydrogen-bond acceptors (Lipinski definition) is 3. The standard InChI is InChI=1S/C21H29N5O2.HI/c1-16(2)25-21(27)26-18-11-9-17(10-12-18)15-24-20(22-3)23-13-14-28-19-7-5-4-6-8-19;/h4-12,16H,13-15H2,1-3H3,(H2,22,23,24)(H2,25,26,27);1H. The van der Waals surface area contributed by atoms with Gasteiger partial charge in [0, 0.05) is 25.3 Å². The van der Waals surface area contributed by atoms with Crippen LogP contribution in [0.1, 0.15) is 19.4 Å². The van der Waals surface area contributed by atoms with E-state index in [1.165, 1.54) is 0 Å². The van der Waals surface area contributed by atoms with Crippen molar-refractivity contribution in [3.63, 3.8) is 0 Å². The van der Waals surface area contributed by atoms with E-state index in [1.807, 2.05) is 68.4 Å². The number of ether oxygens (including phenoxy) is 1. The van der Waals surface area contributed by atoms with Crippen LogP contribution in [0, 0.1) is 0 Å². The van der Waals surface area contributed by atoms with Gasteiger partial charge in [-0.2, -0.15) is 0 Å². The molecule has 0 saturated heterocycles. The Morgan fingerprint density at radius 2 is 1.72 bits per heavy atom. The van der Waals surface area contributed by atoms with E-state index in [9.17, 15) is 4.79 Å². The molecular formula is C21H30IN5O2. The first kappa shape index (κ1) is 24.5. The van der Waals surface area contributed by atoms with Crippen LogP contribution in [0.4, 0.5) is 10.5 Å². The zero-order valence-corrected chi connectivity index (χ0v) is 19.4. The molecule has 0 saturated carbocycles. The van der Waals surface area contributed by atoms with Crippen molar-refractivity contribution in [2.24, 2.45) is 4.99 Å². The lowest BCUT2D eigenvalue weighted by molar-refractivity contribution is 0.250. The lowest BCUT2D eigenvalue weighted by Gasteiger charge is -2.13.